The number of fused-ring (bicyclic) bond motifs is 1. The van der Waals surface area contributed by atoms with Crippen LogP contribution in [0.3, 0.4) is 0 Å². The van der Waals surface area contributed by atoms with E-state index in [4.69, 9.17) is 4.74 Å². The van der Waals surface area contributed by atoms with Gasteiger partial charge in [0.2, 0.25) is 0 Å². The molecule has 2 rings (SSSR count). The van der Waals surface area contributed by atoms with Crippen LogP contribution in [0.4, 0.5) is 5.69 Å². The van der Waals surface area contributed by atoms with Gasteiger partial charge in [-0.2, -0.15) is 0 Å². The molecule has 0 bridgehead atoms. The van der Waals surface area contributed by atoms with Crippen molar-refractivity contribution in [2.75, 3.05) is 25.0 Å². The van der Waals surface area contributed by atoms with Crippen LogP contribution in [0.15, 0.2) is 18.2 Å². The van der Waals surface area contributed by atoms with E-state index in [1.165, 1.54) is 0 Å². The van der Waals surface area contributed by atoms with Gasteiger partial charge in [-0.3, -0.25) is 4.79 Å². The van der Waals surface area contributed by atoms with E-state index in [0.717, 1.165) is 36.2 Å². The number of amides is 1. The Hall–Kier alpha value is -1.26. The van der Waals surface area contributed by atoms with E-state index >= 15 is 0 Å². The van der Waals surface area contributed by atoms with Crippen LogP contribution < -0.4 is 10.6 Å². The Labute approximate surface area is 126 Å². The highest BCUT2D eigenvalue weighted by Gasteiger charge is 2.16. The van der Waals surface area contributed by atoms with E-state index in [1.54, 1.807) is 0 Å². The van der Waals surface area contributed by atoms with E-state index in [-0.39, 0.29) is 24.4 Å². The Balaban J connectivity index is 0.00000200. The highest BCUT2D eigenvalue weighted by molar-refractivity contribution is 5.97. The van der Waals surface area contributed by atoms with Crippen LogP contribution in [0, 0.1) is 0 Å². The normalized spacial score (nSPS) is 13.2. The lowest BCUT2D eigenvalue weighted by atomic mass is 9.97. The molecule has 0 radical (unpaired) electrons. The molecule has 0 saturated heterocycles. The predicted molar refractivity (Wildman–Crippen MR) is 83.9 cm³/mol. The summed E-state index contributed by atoms with van der Waals surface area (Å²) in [5, 5.41) is 6.25. The van der Waals surface area contributed by atoms with Gasteiger partial charge in [0.15, 0.2) is 0 Å². The Morgan fingerprint density at radius 1 is 1.45 bits per heavy atom. The average Bonchev–Trinajstić information content (AvgIpc) is 2.42. The van der Waals surface area contributed by atoms with Crippen LogP contribution in [0.25, 0.3) is 0 Å². The Kier molecular flexibility index (Phi) is 6.82. The second-order valence-electron chi connectivity index (χ2n) is 5.04. The van der Waals surface area contributed by atoms with Crippen molar-refractivity contribution in [2.24, 2.45) is 0 Å². The fourth-order valence-electron chi connectivity index (χ4n) is 2.28. The molecule has 0 unspecified atom stereocenters. The fraction of sp³-hybridized carbons (Fsp3) is 0.533. The van der Waals surface area contributed by atoms with Crippen LogP contribution in [0.2, 0.25) is 0 Å². The molecule has 0 saturated carbocycles. The van der Waals surface area contributed by atoms with E-state index in [2.05, 4.69) is 10.6 Å². The first kappa shape index (κ1) is 16.8. The molecular weight excluding hydrogens is 276 g/mol. The summed E-state index contributed by atoms with van der Waals surface area (Å²) in [4.78, 5) is 12.2. The van der Waals surface area contributed by atoms with Crippen molar-refractivity contribution in [3.05, 3.63) is 29.3 Å². The molecule has 1 aliphatic rings. The molecule has 0 aliphatic carbocycles. The summed E-state index contributed by atoms with van der Waals surface area (Å²) in [5.74, 6) is -0.00657. The molecule has 1 amide bonds. The number of nitrogens with one attached hydrogen (secondary N) is 2. The minimum Gasteiger partial charge on any atom is -0.385 e. The number of benzene rings is 1. The lowest BCUT2D eigenvalue weighted by Crippen LogP contribution is -2.29. The lowest BCUT2D eigenvalue weighted by molar-refractivity contribution is 0.0746. The topological polar surface area (TPSA) is 50.4 Å². The van der Waals surface area contributed by atoms with Gasteiger partial charge in [0, 0.05) is 24.3 Å². The first-order chi connectivity index (χ1) is 9.18. The van der Waals surface area contributed by atoms with Crippen molar-refractivity contribution < 1.29 is 9.53 Å². The maximum atomic E-state index is 12.2. The summed E-state index contributed by atoms with van der Waals surface area (Å²) in [6.45, 7) is 6.06. The van der Waals surface area contributed by atoms with Crippen LogP contribution >= 0.6 is 12.4 Å². The van der Waals surface area contributed by atoms with Crippen LogP contribution in [-0.2, 0) is 11.2 Å². The summed E-state index contributed by atoms with van der Waals surface area (Å²) in [6.07, 6.45) is 2.24. The number of carbonyl (C=O) groups is 1. The SMILES string of the molecule is CC(C)OCCNC(=O)c1cccc2c1CCCN2.Cl. The second-order valence-corrected chi connectivity index (χ2v) is 5.04. The van der Waals surface area contributed by atoms with Crippen LogP contribution in [0.5, 0.6) is 0 Å². The minimum atomic E-state index is -0.00657. The lowest BCUT2D eigenvalue weighted by Gasteiger charge is -2.20. The van der Waals surface area contributed by atoms with E-state index in [9.17, 15) is 4.79 Å². The van der Waals surface area contributed by atoms with E-state index in [0.29, 0.717) is 13.2 Å². The number of hydrogen-bond donors (Lipinski definition) is 2. The summed E-state index contributed by atoms with van der Waals surface area (Å²) in [6, 6.07) is 5.86. The predicted octanol–water partition coefficient (Wildman–Crippen LogP) is 2.62. The van der Waals surface area contributed by atoms with Gasteiger partial charge in [-0.25, -0.2) is 0 Å². The number of halogens is 1. The molecule has 0 aromatic heterocycles. The zero-order chi connectivity index (χ0) is 13.7. The van der Waals surface area contributed by atoms with Gasteiger partial charge in [-0.1, -0.05) is 6.07 Å². The Bertz CT molecular complexity index is 449. The van der Waals surface area contributed by atoms with Crippen molar-refractivity contribution in [3.63, 3.8) is 0 Å². The van der Waals surface area contributed by atoms with E-state index in [1.807, 2.05) is 32.0 Å². The fourth-order valence-corrected chi connectivity index (χ4v) is 2.28. The standard InChI is InChI=1S/C15H22N2O2.ClH/c1-11(2)19-10-9-17-15(18)13-5-3-7-14-12(13)6-4-8-16-14;/h3,5,7,11,16H,4,6,8-10H2,1-2H3,(H,17,18);1H. The largest absolute Gasteiger partial charge is 0.385 e. The average molecular weight is 299 g/mol. The Morgan fingerprint density at radius 3 is 3.00 bits per heavy atom. The Morgan fingerprint density at radius 2 is 2.25 bits per heavy atom. The van der Waals surface area contributed by atoms with E-state index < -0.39 is 0 Å². The van der Waals surface area contributed by atoms with Gasteiger partial charge in [0.05, 0.1) is 12.7 Å². The zero-order valence-corrected chi connectivity index (χ0v) is 12.9. The molecule has 2 N–H and O–H groups in total. The smallest absolute Gasteiger partial charge is 0.251 e. The van der Waals surface area contributed by atoms with Crippen molar-refractivity contribution in [1.29, 1.82) is 0 Å². The number of hydrogen-bond acceptors (Lipinski definition) is 3. The van der Waals surface area contributed by atoms with Gasteiger partial charge in [0.1, 0.15) is 0 Å². The molecule has 1 aliphatic heterocycles. The molecule has 0 spiro atoms. The molecule has 1 aromatic rings. The summed E-state index contributed by atoms with van der Waals surface area (Å²) in [7, 11) is 0. The molecule has 4 nitrogen and oxygen atoms in total. The van der Waals surface area contributed by atoms with Crippen LogP contribution in [0.1, 0.15) is 36.2 Å². The number of rotatable bonds is 5. The van der Waals surface area contributed by atoms with Gasteiger partial charge in [-0.15, -0.1) is 12.4 Å². The van der Waals surface area contributed by atoms with Crippen molar-refractivity contribution in [2.45, 2.75) is 32.8 Å². The number of ether oxygens (including phenoxy) is 1. The zero-order valence-electron chi connectivity index (χ0n) is 12.1. The highest BCUT2D eigenvalue weighted by atomic mass is 35.5. The van der Waals surface area contributed by atoms with Gasteiger partial charge < -0.3 is 15.4 Å². The number of anilines is 1. The second kappa shape index (κ2) is 8.12. The molecule has 112 valence electrons. The monoisotopic (exact) mass is 298 g/mol. The van der Waals surface area contributed by atoms with Gasteiger partial charge >= 0.3 is 0 Å². The summed E-state index contributed by atoms with van der Waals surface area (Å²) < 4.78 is 5.41. The van der Waals surface area contributed by atoms with Gasteiger partial charge in [0.25, 0.3) is 5.91 Å². The first-order valence-corrected chi connectivity index (χ1v) is 6.94. The maximum Gasteiger partial charge on any atom is 0.251 e. The molecule has 0 fully saturated rings. The highest BCUT2D eigenvalue weighted by Crippen LogP contribution is 2.25. The van der Waals surface area contributed by atoms with Crippen molar-refractivity contribution >= 4 is 24.0 Å². The van der Waals surface area contributed by atoms with Crippen molar-refractivity contribution in [1.82, 2.24) is 5.32 Å². The quantitative estimate of drug-likeness (QED) is 0.822. The third-order valence-electron chi connectivity index (χ3n) is 3.18. The first-order valence-electron chi connectivity index (χ1n) is 6.94. The summed E-state index contributed by atoms with van der Waals surface area (Å²) in [5.41, 5.74) is 3.02. The third kappa shape index (κ3) is 4.39. The summed E-state index contributed by atoms with van der Waals surface area (Å²) >= 11 is 0. The molecular formula is C15H23ClN2O2. The molecule has 1 heterocycles. The van der Waals surface area contributed by atoms with Crippen LogP contribution in [-0.4, -0.2) is 31.7 Å². The maximum absolute atomic E-state index is 12.2. The van der Waals surface area contributed by atoms with Crippen molar-refractivity contribution in [3.8, 4) is 0 Å². The minimum absolute atomic E-state index is 0. The number of carbonyl (C=O) groups excluding carboxylic acids is 1. The molecule has 1 aromatic carbocycles. The molecule has 20 heavy (non-hydrogen) atoms. The molecule has 5 heteroatoms. The molecule has 0 atom stereocenters. The van der Waals surface area contributed by atoms with Gasteiger partial charge in [-0.05, 0) is 44.4 Å². The third-order valence-corrected chi connectivity index (χ3v) is 3.18.